The summed E-state index contributed by atoms with van der Waals surface area (Å²) in [6, 6.07) is 1.24. The summed E-state index contributed by atoms with van der Waals surface area (Å²) in [4.78, 5) is 3.12. The molecule has 16 fully saturated rings. The SMILES string of the molecule is CN1C(C2CC(C3CC(C4CCC(C(C)(C)C)CC4)CC(C4CCC(C(C)(C)C)CC4)C3)CC(C3CC(C4CCC(C(C)(C)C)CC4)CC(C4CCC(C(C)(C)C)CC4)C3)C2)CNC1C1CCC(C2CC(C3CC(C4CCC(C(C)(C)C)CC4)CC(C4CCC(C(C)(C)C)CC4)C3)CC(C3CC(C4CCC(C(C)(C)C)CC4)CC(C4CCC(C(C)(C)C)CC4)C3)C2)CN1. The van der Waals surface area contributed by atoms with E-state index in [2.05, 4.69) is 183 Å². The van der Waals surface area contributed by atoms with E-state index in [1.165, 1.54) is 180 Å². The zero-order chi connectivity index (χ0) is 91.1. The Balaban J connectivity index is 0.672. The van der Waals surface area contributed by atoms with Gasteiger partial charge in [0, 0.05) is 18.6 Å². The van der Waals surface area contributed by atoms with Crippen LogP contribution in [0.15, 0.2) is 0 Å². The van der Waals surface area contributed by atoms with Crippen molar-refractivity contribution in [2.75, 3.05) is 20.1 Å². The summed E-state index contributed by atoms with van der Waals surface area (Å²) in [5, 5.41) is 9.30. The van der Waals surface area contributed by atoms with Crippen LogP contribution in [0, 0.1) is 250 Å². The maximum atomic E-state index is 4.71. The molecule has 2 heterocycles. The summed E-state index contributed by atoms with van der Waals surface area (Å²) >= 11 is 0. The lowest BCUT2D eigenvalue weighted by Crippen LogP contribution is -2.56. The van der Waals surface area contributed by atoms with Crippen molar-refractivity contribution in [3.8, 4) is 0 Å². The minimum absolute atomic E-state index is 0.454. The third-order valence-corrected chi connectivity index (χ3v) is 47.5. The molecule has 16 aliphatic rings. The van der Waals surface area contributed by atoms with Crippen LogP contribution in [0.4, 0.5) is 0 Å². The lowest BCUT2D eigenvalue weighted by molar-refractivity contribution is -0.0249. The minimum atomic E-state index is 0.454. The highest BCUT2D eigenvalue weighted by Gasteiger charge is 2.55. The van der Waals surface area contributed by atoms with Crippen LogP contribution in [0.2, 0.25) is 0 Å². The van der Waals surface area contributed by atoms with Crippen LogP contribution < -0.4 is 10.6 Å². The first kappa shape index (κ1) is 101. The molecule has 0 aromatic heterocycles. The van der Waals surface area contributed by atoms with Gasteiger partial charge >= 0.3 is 0 Å². The molecular weight excluding hydrogens is 1540 g/mol. The second kappa shape index (κ2) is 41.2. The number of likely N-dealkylation sites (N-methyl/N-ethyl adjacent to an activating group) is 1. The molecular formula is C125H223N3. The normalized spacial score (nSPS) is 46.6. The first-order chi connectivity index (χ1) is 60.3. The van der Waals surface area contributed by atoms with Crippen molar-refractivity contribution in [3.63, 3.8) is 0 Å². The fourth-order valence-corrected chi connectivity index (χ4v) is 38.5. The summed E-state index contributed by atoms with van der Waals surface area (Å²) in [5.41, 5.74) is 3.64. The molecule has 2 saturated heterocycles. The summed E-state index contributed by atoms with van der Waals surface area (Å²) in [6.45, 7) is 64.7. The standard InChI is InChI=1S/C125H223N3/c1-118(2,3)107-43-26-80(27-44-107)89-60-90(81-28-45-108(46-29-81)119(4,5)6)65-98(64-89)102-72-97(73-103(74-102)99-66-91(82-30-47-109(48-31-82)120(7,8)9)61-92(67-99)83-32-49-110(50-33-83)121(10,11)12)88-42-59-115(126-78-88)117-127-79-116(128(117)25)106-76-104(100-68-93(84-34-51-111(52-35-84)122(13,14)15)62-94(69-100)85-36-53-112(54-37-85)123(16,17)18)75-105(77-106)101-70-95(86-38-55-113(56-39-86)124(19,20)21)63-96(71-101)87-40-57-114(58-41-87)125(22,23)24/h80-117,126-127H,26-79H2,1-25H3. The highest BCUT2D eigenvalue weighted by Crippen LogP contribution is 2.64. The second-order valence-corrected chi connectivity index (χ2v) is 62.2. The van der Waals surface area contributed by atoms with E-state index in [-0.39, 0.29) is 0 Å². The van der Waals surface area contributed by atoms with Gasteiger partial charge in [0.25, 0.3) is 0 Å². The van der Waals surface area contributed by atoms with Gasteiger partial charge in [0.05, 0.1) is 6.17 Å². The van der Waals surface area contributed by atoms with E-state index >= 15 is 0 Å². The van der Waals surface area contributed by atoms with Gasteiger partial charge in [-0.25, -0.2) is 0 Å². The number of nitrogens with zero attached hydrogens (tertiary/aromatic N) is 1. The quantitative estimate of drug-likeness (QED) is 0.171. The van der Waals surface area contributed by atoms with E-state index in [9.17, 15) is 0 Å². The van der Waals surface area contributed by atoms with Gasteiger partial charge in [-0.2, -0.15) is 0 Å². The van der Waals surface area contributed by atoms with Gasteiger partial charge in [-0.05, 0) is 598 Å². The van der Waals surface area contributed by atoms with E-state index in [4.69, 9.17) is 5.32 Å². The van der Waals surface area contributed by atoms with Crippen LogP contribution in [-0.2, 0) is 0 Å². The van der Waals surface area contributed by atoms with Gasteiger partial charge < -0.3 is 5.32 Å². The van der Waals surface area contributed by atoms with Crippen molar-refractivity contribution in [2.45, 2.75) is 518 Å². The van der Waals surface area contributed by atoms with Gasteiger partial charge in [-0.15, -0.1) is 0 Å². The van der Waals surface area contributed by atoms with Crippen molar-refractivity contribution < 1.29 is 0 Å². The van der Waals surface area contributed by atoms with Gasteiger partial charge in [-0.1, -0.05) is 166 Å². The molecule has 3 nitrogen and oxygen atoms in total. The Bertz CT molecular complexity index is 2950. The molecule has 738 valence electrons. The zero-order valence-corrected chi connectivity index (χ0v) is 90.6. The van der Waals surface area contributed by atoms with Crippen LogP contribution in [0.1, 0.15) is 500 Å². The maximum Gasteiger partial charge on any atom is 0.0756 e. The lowest BCUT2D eigenvalue weighted by Gasteiger charge is -2.53. The fourth-order valence-electron chi connectivity index (χ4n) is 38.5. The molecule has 0 aromatic rings. The Morgan fingerprint density at radius 1 is 0.148 bits per heavy atom. The molecule has 16 unspecified atom stereocenters. The molecule has 3 heteroatoms. The van der Waals surface area contributed by atoms with E-state index in [1.54, 1.807) is 167 Å². The molecule has 0 aromatic carbocycles. The van der Waals surface area contributed by atoms with Crippen LogP contribution in [0.3, 0.4) is 0 Å². The number of nitrogens with one attached hydrogen (secondary N) is 2. The maximum absolute atomic E-state index is 4.71. The third-order valence-electron chi connectivity index (χ3n) is 47.5. The molecule has 0 bridgehead atoms. The van der Waals surface area contributed by atoms with E-state index in [0.29, 0.717) is 61.6 Å². The topological polar surface area (TPSA) is 27.3 Å². The van der Waals surface area contributed by atoms with Crippen LogP contribution >= 0.6 is 0 Å². The third kappa shape index (κ3) is 24.5. The van der Waals surface area contributed by atoms with Crippen molar-refractivity contribution in [2.24, 2.45) is 250 Å². The molecule has 16 rings (SSSR count). The Morgan fingerprint density at radius 2 is 0.289 bits per heavy atom. The van der Waals surface area contributed by atoms with Gasteiger partial charge in [0.2, 0.25) is 0 Å². The summed E-state index contributed by atoms with van der Waals surface area (Å²) in [5.74, 6) is 33.2. The molecule has 0 spiro atoms. The average Bonchev–Trinajstić information content (AvgIpc) is 1.22. The van der Waals surface area contributed by atoms with Crippen LogP contribution in [0.5, 0.6) is 0 Å². The Kier molecular flexibility index (Phi) is 32.5. The monoisotopic (exact) mass is 1770 g/mol. The van der Waals surface area contributed by atoms with Gasteiger partial charge in [0.15, 0.2) is 0 Å². The molecule has 2 aliphatic heterocycles. The Hall–Kier alpha value is -0.120. The predicted octanol–water partition coefficient (Wildman–Crippen LogP) is 35.6. The first-order valence-electron chi connectivity index (χ1n) is 59.5. The van der Waals surface area contributed by atoms with Crippen molar-refractivity contribution in [3.05, 3.63) is 0 Å². The highest BCUT2D eigenvalue weighted by molar-refractivity contribution is 5.07. The number of rotatable bonds is 15. The first-order valence-corrected chi connectivity index (χ1v) is 59.5. The molecule has 128 heavy (non-hydrogen) atoms. The van der Waals surface area contributed by atoms with E-state index in [0.717, 1.165) is 207 Å². The van der Waals surface area contributed by atoms with Crippen molar-refractivity contribution in [1.82, 2.24) is 15.5 Å². The molecule has 14 aliphatic carbocycles. The lowest BCUT2D eigenvalue weighted by atomic mass is 9.53. The van der Waals surface area contributed by atoms with E-state index < -0.39 is 0 Å². The smallest absolute Gasteiger partial charge is 0.0756 e. The van der Waals surface area contributed by atoms with Crippen LogP contribution in [0.25, 0.3) is 0 Å². The highest BCUT2D eigenvalue weighted by atomic mass is 15.4. The minimum Gasteiger partial charge on any atom is -0.311 e. The molecule has 0 radical (unpaired) electrons. The van der Waals surface area contributed by atoms with Gasteiger partial charge in [0.1, 0.15) is 0 Å². The molecule has 16 atom stereocenters. The summed E-state index contributed by atoms with van der Waals surface area (Å²) in [6.07, 6.45) is 80.8. The number of piperidine rings is 1. The Labute approximate surface area is 799 Å². The van der Waals surface area contributed by atoms with Crippen molar-refractivity contribution in [1.29, 1.82) is 0 Å². The summed E-state index contributed by atoms with van der Waals surface area (Å²) < 4.78 is 0. The zero-order valence-electron chi connectivity index (χ0n) is 90.6. The molecule has 14 saturated carbocycles. The number of hydrogen-bond acceptors (Lipinski definition) is 3. The average molecular weight is 1770 g/mol. The number of hydrogen-bond donors (Lipinski definition) is 2. The van der Waals surface area contributed by atoms with Crippen molar-refractivity contribution >= 4 is 0 Å². The largest absolute Gasteiger partial charge is 0.311 e. The van der Waals surface area contributed by atoms with E-state index in [1.807, 2.05) is 0 Å². The fraction of sp³-hybridized carbons (Fsp3) is 1.00. The summed E-state index contributed by atoms with van der Waals surface area (Å²) in [7, 11) is 2.73. The Morgan fingerprint density at radius 3 is 0.438 bits per heavy atom. The van der Waals surface area contributed by atoms with Gasteiger partial charge in [-0.3, -0.25) is 10.2 Å². The molecule has 0 amide bonds. The second-order valence-electron chi connectivity index (χ2n) is 62.2. The predicted molar refractivity (Wildman–Crippen MR) is 553 cm³/mol. The van der Waals surface area contributed by atoms with Crippen LogP contribution in [-0.4, -0.2) is 43.3 Å². The molecule has 2 N–H and O–H groups in total.